The first-order valence-electron chi connectivity index (χ1n) is 3.65. The first kappa shape index (κ1) is 7.69. The monoisotopic (exact) mass is 142 g/mol. The average molecular weight is 142 g/mol. The highest BCUT2D eigenvalue weighted by Crippen LogP contribution is 2.22. The topological polar surface area (TPSA) is 41.1 Å². The molecule has 0 spiro atoms. The van der Waals surface area contributed by atoms with Crippen LogP contribution in [0.2, 0.25) is 0 Å². The van der Waals surface area contributed by atoms with Crippen LogP contribution in [0.5, 0.6) is 0 Å². The lowest BCUT2D eigenvalue weighted by atomic mass is 9.80. The van der Waals surface area contributed by atoms with Gasteiger partial charge < -0.3 is 15.4 Å². The smallest absolute Gasteiger partial charge is 0.128 e. The van der Waals surface area contributed by atoms with Gasteiger partial charge in [0.1, 0.15) is 6.29 Å². The number of rotatable bonds is 4. The van der Waals surface area contributed by atoms with Crippen molar-refractivity contribution in [2.75, 3.05) is 26.7 Å². The molecule has 58 valence electrons. The van der Waals surface area contributed by atoms with Gasteiger partial charge in [-0.2, -0.15) is 0 Å². The molecule has 0 saturated carbocycles. The van der Waals surface area contributed by atoms with Crippen LogP contribution in [0.4, 0.5) is 0 Å². The first-order chi connectivity index (χ1) is 4.83. The molecule has 1 rings (SSSR count). The zero-order valence-corrected chi connectivity index (χ0v) is 6.31. The van der Waals surface area contributed by atoms with Gasteiger partial charge in [-0.05, 0) is 20.0 Å². The number of aldehydes is 1. The summed E-state index contributed by atoms with van der Waals surface area (Å²) >= 11 is 0. The van der Waals surface area contributed by atoms with Crippen molar-refractivity contribution in [3.05, 3.63) is 0 Å². The molecule has 0 aromatic rings. The minimum Gasteiger partial charge on any atom is -0.320 e. The standard InChI is InChI=1S/C7H14N2O/c1-8-3-2-7(6-10)4-9-5-7/h6,8-9H,2-5H2,1H3. The van der Waals surface area contributed by atoms with Crippen LogP contribution in [0.15, 0.2) is 0 Å². The Kier molecular flexibility index (Phi) is 2.40. The molecule has 1 fully saturated rings. The van der Waals surface area contributed by atoms with Crippen molar-refractivity contribution in [1.29, 1.82) is 0 Å². The lowest BCUT2D eigenvalue weighted by molar-refractivity contribution is -0.119. The number of carbonyl (C=O) groups is 1. The Morgan fingerprint density at radius 3 is 2.70 bits per heavy atom. The molecular weight excluding hydrogens is 128 g/mol. The SMILES string of the molecule is CNCCC1(C=O)CNC1. The molecule has 2 N–H and O–H groups in total. The van der Waals surface area contributed by atoms with Gasteiger partial charge in [-0.1, -0.05) is 0 Å². The Morgan fingerprint density at radius 2 is 2.40 bits per heavy atom. The lowest BCUT2D eigenvalue weighted by Crippen LogP contribution is -2.55. The van der Waals surface area contributed by atoms with Gasteiger partial charge in [0.05, 0.1) is 5.41 Å². The van der Waals surface area contributed by atoms with Gasteiger partial charge in [-0.15, -0.1) is 0 Å². The van der Waals surface area contributed by atoms with E-state index in [0.717, 1.165) is 32.3 Å². The second-order valence-corrected chi connectivity index (χ2v) is 2.94. The molecule has 0 aromatic carbocycles. The van der Waals surface area contributed by atoms with Crippen LogP contribution in [0, 0.1) is 5.41 Å². The zero-order chi connectivity index (χ0) is 7.45. The molecule has 0 atom stereocenters. The van der Waals surface area contributed by atoms with Crippen molar-refractivity contribution >= 4 is 6.29 Å². The summed E-state index contributed by atoms with van der Waals surface area (Å²) in [5.41, 5.74) is -0.0387. The fraction of sp³-hybridized carbons (Fsp3) is 0.857. The summed E-state index contributed by atoms with van der Waals surface area (Å²) in [6.07, 6.45) is 2.04. The van der Waals surface area contributed by atoms with E-state index in [4.69, 9.17) is 0 Å². The van der Waals surface area contributed by atoms with Crippen molar-refractivity contribution in [3.8, 4) is 0 Å². The van der Waals surface area contributed by atoms with Crippen molar-refractivity contribution in [1.82, 2.24) is 10.6 Å². The van der Waals surface area contributed by atoms with Crippen LogP contribution in [-0.2, 0) is 4.79 Å². The highest BCUT2D eigenvalue weighted by Gasteiger charge is 2.35. The fourth-order valence-corrected chi connectivity index (χ4v) is 1.14. The molecule has 10 heavy (non-hydrogen) atoms. The highest BCUT2D eigenvalue weighted by atomic mass is 16.1. The lowest BCUT2D eigenvalue weighted by Gasteiger charge is -2.37. The summed E-state index contributed by atoms with van der Waals surface area (Å²) in [5.74, 6) is 0. The van der Waals surface area contributed by atoms with E-state index in [9.17, 15) is 4.79 Å². The molecule has 3 heteroatoms. The molecule has 1 aliphatic heterocycles. The number of nitrogens with one attached hydrogen (secondary N) is 2. The number of hydrogen-bond donors (Lipinski definition) is 2. The van der Waals surface area contributed by atoms with Gasteiger partial charge in [0.25, 0.3) is 0 Å². The minimum absolute atomic E-state index is 0.0387. The Bertz CT molecular complexity index is 121. The maximum atomic E-state index is 10.5. The van der Waals surface area contributed by atoms with Crippen LogP contribution in [0.1, 0.15) is 6.42 Å². The third kappa shape index (κ3) is 1.36. The second-order valence-electron chi connectivity index (χ2n) is 2.94. The Labute approximate surface area is 61.2 Å². The van der Waals surface area contributed by atoms with E-state index in [1.807, 2.05) is 7.05 Å². The number of hydrogen-bond acceptors (Lipinski definition) is 3. The molecular formula is C7H14N2O. The summed E-state index contributed by atoms with van der Waals surface area (Å²) in [7, 11) is 1.91. The fourth-order valence-electron chi connectivity index (χ4n) is 1.14. The molecule has 1 saturated heterocycles. The molecule has 0 amide bonds. The van der Waals surface area contributed by atoms with E-state index in [2.05, 4.69) is 10.6 Å². The Balaban J connectivity index is 2.26. The highest BCUT2D eigenvalue weighted by molar-refractivity contribution is 5.62. The summed E-state index contributed by atoms with van der Waals surface area (Å²) in [6, 6.07) is 0. The first-order valence-corrected chi connectivity index (χ1v) is 3.65. The van der Waals surface area contributed by atoms with Gasteiger partial charge in [0, 0.05) is 13.1 Å². The van der Waals surface area contributed by atoms with Crippen LogP contribution in [0.25, 0.3) is 0 Å². The van der Waals surface area contributed by atoms with E-state index in [1.165, 1.54) is 0 Å². The van der Waals surface area contributed by atoms with Gasteiger partial charge in [0.15, 0.2) is 0 Å². The Hall–Kier alpha value is -0.410. The van der Waals surface area contributed by atoms with Crippen molar-refractivity contribution in [2.24, 2.45) is 5.41 Å². The maximum absolute atomic E-state index is 10.5. The molecule has 0 aliphatic carbocycles. The quantitative estimate of drug-likeness (QED) is 0.514. The van der Waals surface area contributed by atoms with Gasteiger partial charge in [-0.25, -0.2) is 0 Å². The van der Waals surface area contributed by atoms with Gasteiger partial charge in [0.2, 0.25) is 0 Å². The molecule has 1 heterocycles. The maximum Gasteiger partial charge on any atom is 0.128 e. The van der Waals surface area contributed by atoms with Crippen molar-refractivity contribution in [2.45, 2.75) is 6.42 Å². The normalized spacial score (nSPS) is 21.7. The molecule has 0 radical (unpaired) electrons. The summed E-state index contributed by atoms with van der Waals surface area (Å²) in [5, 5.41) is 6.14. The van der Waals surface area contributed by atoms with E-state index in [1.54, 1.807) is 0 Å². The summed E-state index contributed by atoms with van der Waals surface area (Å²) in [4.78, 5) is 10.5. The second kappa shape index (κ2) is 3.12. The van der Waals surface area contributed by atoms with Crippen molar-refractivity contribution < 1.29 is 4.79 Å². The molecule has 0 bridgehead atoms. The third-order valence-electron chi connectivity index (χ3n) is 2.08. The Morgan fingerprint density at radius 1 is 1.70 bits per heavy atom. The molecule has 0 unspecified atom stereocenters. The van der Waals surface area contributed by atoms with E-state index >= 15 is 0 Å². The number of carbonyl (C=O) groups excluding carboxylic acids is 1. The molecule has 3 nitrogen and oxygen atoms in total. The minimum atomic E-state index is -0.0387. The third-order valence-corrected chi connectivity index (χ3v) is 2.08. The van der Waals surface area contributed by atoms with Crippen LogP contribution in [-0.4, -0.2) is 33.0 Å². The molecule has 0 aromatic heterocycles. The predicted octanol–water partition coefficient (Wildman–Crippen LogP) is -0.616. The van der Waals surface area contributed by atoms with Gasteiger partial charge >= 0.3 is 0 Å². The van der Waals surface area contributed by atoms with E-state index < -0.39 is 0 Å². The zero-order valence-electron chi connectivity index (χ0n) is 6.31. The van der Waals surface area contributed by atoms with Crippen LogP contribution in [0.3, 0.4) is 0 Å². The van der Waals surface area contributed by atoms with E-state index in [0.29, 0.717) is 0 Å². The summed E-state index contributed by atoms with van der Waals surface area (Å²) < 4.78 is 0. The predicted molar refractivity (Wildman–Crippen MR) is 39.9 cm³/mol. The average Bonchev–Trinajstić information content (AvgIpc) is 1.87. The largest absolute Gasteiger partial charge is 0.320 e. The van der Waals surface area contributed by atoms with E-state index in [-0.39, 0.29) is 5.41 Å². The van der Waals surface area contributed by atoms with Crippen molar-refractivity contribution in [3.63, 3.8) is 0 Å². The molecule has 1 aliphatic rings. The van der Waals surface area contributed by atoms with Crippen LogP contribution >= 0.6 is 0 Å². The van der Waals surface area contributed by atoms with Crippen LogP contribution < -0.4 is 10.6 Å². The van der Waals surface area contributed by atoms with Gasteiger partial charge in [-0.3, -0.25) is 0 Å². The summed E-state index contributed by atoms with van der Waals surface area (Å²) in [6.45, 7) is 2.65.